The molecule has 0 saturated heterocycles. The number of hydrogen-bond acceptors (Lipinski definition) is 4. The topological polar surface area (TPSA) is 73.6 Å². The third-order valence-electron chi connectivity index (χ3n) is 2.92. The molecule has 0 heterocycles. The maximum absolute atomic E-state index is 11.6. The van der Waals surface area contributed by atoms with Crippen LogP contribution < -0.4 is 11.1 Å². The highest BCUT2D eigenvalue weighted by Crippen LogP contribution is 2.28. The predicted molar refractivity (Wildman–Crippen MR) is 70.3 cm³/mol. The molecule has 3 N–H and O–H groups in total. The molecule has 5 heteroatoms. The molecular weight excluding hydrogens is 232 g/mol. The lowest BCUT2D eigenvalue weighted by Crippen LogP contribution is -2.33. The fourth-order valence-corrected chi connectivity index (χ4v) is 1.66. The molecule has 0 aliphatic heterocycles. The summed E-state index contributed by atoms with van der Waals surface area (Å²) in [4.78, 5) is 11.6. The fraction of sp³-hybridized carbons (Fsp3) is 0.923. The summed E-state index contributed by atoms with van der Waals surface area (Å²) in [5.41, 5.74) is 5.51. The smallest absolute Gasteiger partial charge is 0.222 e. The number of nitrogens with one attached hydrogen (secondary N) is 1. The maximum atomic E-state index is 11.6. The minimum atomic E-state index is -0.166. The van der Waals surface area contributed by atoms with Crippen LogP contribution >= 0.6 is 0 Å². The van der Waals surface area contributed by atoms with E-state index in [0.29, 0.717) is 26.1 Å². The number of carbonyl (C=O) groups is 1. The summed E-state index contributed by atoms with van der Waals surface area (Å²) in [5, 5.41) is 2.86. The van der Waals surface area contributed by atoms with Crippen LogP contribution in [0.2, 0.25) is 0 Å². The summed E-state index contributed by atoms with van der Waals surface area (Å²) in [6, 6.07) is 0. The molecule has 1 unspecified atom stereocenters. The Morgan fingerprint density at radius 3 is 2.89 bits per heavy atom. The van der Waals surface area contributed by atoms with Crippen molar-refractivity contribution in [2.24, 2.45) is 11.7 Å². The lowest BCUT2D eigenvalue weighted by Gasteiger charge is -2.14. The van der Waals surface area contributed by atoms with Gasteiger partial charge in [0, 0.05) is 32.9 Å². The second-order valence-corrected chi connectivity index (χ2v) is 4.74. The number of ether oxygens (including phenoxy) is 2. The van der Waals surface area contributed by atoms with Crippen LogP contribution in [0.1, 0.15) is 32.6 Å². The van der Waals surface area contributed by atoms with E-state index in [0.717, 1.165) is 25.6 Å². The summed E-state index contributed by atoms with van der Waals surface area (Å²) in [6.45, 7) is 5.14. The SMILES string of the molecule is CCOC(CN)CC(=O)NCCCOCC1CC1. The van der Waals surface area contributed by atoms with Crippen LogP contribution in [-0.2, 0) is 14.3 Å². The third-order valence-corrected chi connectivity index (χ3v) is 2.92. The molecule has 5 nitrogen and oxygen atoms in total. The van der Waals surface area contributed by atoms with Crippen molar-refractivity contribution in [3.05, 3.63) is 0 Å². The molecule has 1 fully saturated rings. The van der Waals surface area contributed by atoms with Crippen LogP contribution in [0.15, 0.2) is 0 Å². The Hall–Kier alpha value is -0.650. The van der Waals surface area contributed by atoms with E-state index in [1.54, 1.807) is 0 Å². The van der Waals surface area contributed by atoms with Gasteiger partial charge in [-0.15, -0.1) is 0 Å². The van der Waals surface area contributed by atoms with Crippen LogP contribution in [0.4, 0.5) is 0 Å². The van der Waals surface area contributed by atoms with Crippen molar-refractivity contribution in [2.45, 2.75) is 38.7 Å². The van der Waals surface area contributed by atoms with Gasteiger partial charge in [-0.25, -0.2) is 0 Å². The van der Waals surface area contributed by atoms with E-state index >= 15 is 0 Å². The maximum Gasteiger partial charge on any atom is 0.222 e. The highest BCUT2D eigenvalue weighted by molar-refractivity contribution is 5.76. The Bertz CT molecular complexity index is 232. The Morgan fingerprint density at radius 2 is 2.28 bits per heavy atom. The molecule has 1 atom stereocenters. The van der Waals surface area contributed by atoms with E-state index in [-0.39, 0.29) is 12.0 Å². The Kier molecular flexibility index (Phi) is 7.96. The number of nitrogens with two attached hydrogens (primary N) is 1. The van der Waals surface area contributed by atoms with Crippen LogP contribution in [0.3, 0.4) is 0 Å². The molecular formula is C13H26N2O3. The lowest BCUT2D eigenvalue weighted by atomic mass is 10.2. The summed E-state index contributed by atoms with van der Waals surface area (Å²) in [7, 11) is 0. The van der Waals surface area contributed by atoms with Crippen molar-refractivity contribution in [3.63, 3.8) is 0 Å². The summed E-state index contributed by atoms with van der Waals surface area (Å²) in [5.74, 6) is 0.803. The van der Waals surface area contributed by atoms with Gasteiger partial charge >= 0.3 is 0 Å². The van der Waals surface area contributed by atoms with Crippen molar-refractivity contribution < 1.29 is 14.3 Å². The molecule has 1 aliphatic rings. The molecule has 1 saturated carbocycles. The monoisotopic (exact) mass is 258 g/mol. The van der Waals surface area contributed by atoms with Gasteiger partial charge in [-0.3, -0.25) is 4.79 Å². The highest BCUT2D eigenvalue weighted by atomic mass is 16.5. The quantitative estimate of drug-likeness (QED) is 0.534. The van der Waals surface area contributed by atoms with Crippen LogP contribution in [0, 0.1) is 5.92 Å². The van der Waals surface area contributed by atoms with Gasteiger partial charge in [0.05, 0.1) is 12.5 Å². The largest absolute Gasteiger partial charge is 0.381 e. The van der Waals surface area contributed by atoms with Crippen LogP contribution in [0.5, 0.6) is 0 Å². The zero-order chi connectivity index (χ0) is 13.2. The average Bonchev–Trinajstić information content (AvgIpc) is 3.17. The summed E-state index contributed by atoms with van der Waals surface area (Å²) >= 11 is 0. The second kappa shape index (κ2) is 9.30. The van der Waals surface area contributed by atoms with Crippen molar-refractivity contribution in [3.8, 4) is 0 Å². The molecule has 0 spiro atoms. The predicted octanol–water partition coefficient (Wildman–Crippen LogP) is 0.673. The molecule has 0 aromatic carbocycles. The van der Waals surface area contributed by atoms with E-state index in [2.05, 4.69) is 5.32 Å². The number of rotatable bonds is 11. The van der Waals surface area contributed by atoms with Gasteiger partial charge in [0.1, 0.15) is 0 Å². The molecule has 1 aliphatic carbocycles. The first kappa shape index (κ1) is 15.4. The second-order valence-electron chi connectivity index (χ2n) is 4.74. The van der Waals surface area contributed by atoms with Gasteiger partial charge in [-0.2, -0.15) is 0 Å². The Labute approximate surface area is 109 Å². The first-order valence-corrected chi connectivity index (χ1v) is 6.92. The zero-order valence-electron chi connectivity index (χ0n) is 11.3. The highest BCUT2D eigenvalue weighted by Gasteiger charge is 2.20. The van der Waals surface area contributed by atoms with Gasteiger partial charge in [0.2, 0.25) is 5.91 Å². The van der Waals surface area contributed by atoms with Gasteiger partial charge in [0.25, 0.3) is 0 Å². The van der Waals surface area contributed by atoms with E-state index in [9.17, 15) is 4.79 Å². The van der Waals surface area contributed by atoms with E-state index in [4.69, 9.17) is 15.2 Å². The van der Waals surface area contributed by atoms with E-state index < -0.39 is 0 Å². The Morgan fingerprint density at radius 1 is 1.50 bits per heavy atom. The van der Waals surface area contributed by atoms with E-state index in [1.807, 2.05) is 6.92 Å². The number of amides is 1. The Balaban J connectivity index is 1.91. The molecule has 0 aromatic rings. The van der Waals surface area contributed by atoms with E-state index in [1.165, 1.54) is 12.8 Å². The minimum Gasteiger partial charge on any atom is -0.381 e. The van der Waals surface area contributed by atoms with Crippen LogP contribution in [-0.4, -0.2) is 44.9 Å². The first-order valence-electron chi connectivity index (χ1n) is 6.92. The average molecular weight is 258 g/mol. The molecule has 106 valence electrons. The summed E-state index contributed by atoms with van der Waals surface area (Å²) in [6.07, 6.45) is 3.66. The minimum absolute atomic E-state index is 0.00101. The van der Waals surface area contributed by atoms with Gasteiger partial charge < -0.3 is 20.5 Å². The molecule has 0 bridgehead atoms. The van der Waals surface area contributed by atoms with Crippen molar-refractivity contribution in [1.29, 1.82) is 0 Å². The fourth-order valence-electron chi connectivity index (χ4n) is 1.66. The van der Waals surface area contributed by atoms with Gasteiger partial charge in [-0.05, 0) is 32.1 Å². The lowest BCUT2D eigenvalue weighted by molar-refractivity contribution is -0.123. The van der Waals surface area contributed by atoms with Gasteiger partial charge in [0.15, 0.2) is 0 Å². The number of carbonyl (C=O) groups excluding carboxylic acids is 1. The first-order chi connectivity index (χ1) is 8.76. The van der Waals surface area contributed by atoms with Crippen LogP contribution in [0.25, 0.3) is 0 Å². The third kappa shape index (κ3) is 7.63. The molecule has 1 rings (SSSR count). The normalized spacial score (nSPS) is 16.6. The van der Waals surface area contributed by atoms with Crippen molar-refractivity contribution in [2.75, 3.05) is 32.9 Å². The number of hydrogen-bond donors (Lipinski definition) is 2. The van der Waals surface area contributed by atoms with Crippen molar-refractivity contribution >= 4 is 5.91 Å². The molecule has 18 heavy (non-hydrogen) atoms. The molecule has 0 radical (unpaired) electrons. The van der Waals surface area contributed by atoms with Gasteiger partial charge in [-0.1, -0.05) is 0 Å². The van der Waals surface area contributed by atoms with Crippen molar-refractivity contribution in [1.82, 2.24) is 5.32 Å². The summed E-state index contributed by atoms with van der Waals surface area (Å²) < 4.78 is 10.8. The molecule has 1 amide bonds. The molecule has 0 aromatic heterocycles. The standard InChI is InChI=1S/C13H26N2O3/c1-2-18-12(9-14)8-13(16)15-6-3-7-17-10-11-4-5-11/h11-12H,2-10,14H2,1H3,(H,15,16). The zero-order valence-corrected chi connectivity index (χ0v) is 11.3.